The van der Waals surface area contributed by atoms with Crippen LogP contribution in [0.25, 0.3) is 10.9 Å². The molecule has 1 saturated carbocycles. The van der Waals surface area contributed by atoms with Crippen molar-refractivity contribution in [3.05, 3.63) is 40.0 Å². The average Bonchev–Trinajstić information content (AvgIpc) is 3.24. The minimum absolute atomic E-state index is 0.110. The van der Waals surface area contributed by atoms with Crippen LogP contribution in [-0.4, -0.2) is 21.1 Å². The first-order valence-electron chi connectivity index (χ1n) is 8.56. The number of nitrogens with zero attached hydrogens (tertiary/aromatic N) is 2. The quantitative estimate of drug-likeness (QED) is 0.757. The first-order chi connectivity index (χ1) is 11.8. The minimum Gasteiger partial charge on any atom is -0.358 e. The molecule has 0 spiro atoms. The molecule has 2 heterocycles. The molecule has 0 unspecified atom stereocenters. The molecule has 0 saturated heterocycles. The van der Waals surface area contributed by atoms with Crippen molar-refractivity contribution >= 4 is 33.3 Å². The van der Waals surface area contributed by atoms with Gasteiger partial charge in [-0.05, 0) is 62.3 Å². The Morgan fingerprint density at radius 2 is 2.08 bits per heavy atom. The molecule has 0 radical (unpaired) electrons. The van der Waals surface area contributed by atoms with Crippen molar-refractivity contribution in [2.45, 2.75) is 44.4 Å². The minimum atomic E-state index is -0.110. The fourth-order valence-corrected chi connectivity index (χ4v) is 4.40. The lowest BCUT2D eigenvalue weighted by Gasteiger charge is -2.10. The number of amides is 1. The highest BCUT2D eigenvalue weighted by Gasteiger charge is 2.27. The highest BCUT2D eigenvalue weighted by molar-refractivity contribution is 7.15. The lowest BCUT2D eigenvalue weighted by molar-refractivity contribution is 0.102. The van der Waals surface area contributed by atoms with Crippen molar-refractivity contribution in [1.82, 2.24) is 15.2 Å². The number of fused-ring (bicyclic) bond motifs is 3. The fourth-order valence-electron chi connectivity index (χ4n) is 3.50. The zero-order chi connectivity index (χ0) is 16.1. The van der Waals surface area contributed by atoms with Crippen LogP contribution in [0.2, 0.25) is 0 Å². The average molecular weight is 338 g/mol. The van der Waals surface area contributed by atoms with E-state index in [0.717, 1.165) is 23.4 Å². The molecule has 1 aromatic carbocycles. The Bertz CT molecular complexity index is 938. The summed E-state index contributed by atoms with van der Waals surface area (Å²) in [7, 11) is 0. The van der Waals surface area contributed by atoms with E-state index in [2.05, 4.69) is 20.5 Å². The fraction of sp³-hybridized carbons (Fsp3) is 0.389. The maximum atomic E-state index is 12.6. The summed E-state index contributed by atoms with van der Waals surface area (Å²) in [5, 5.41) is 14.0. The molecule has 5 rings (SSSR count). The Morgan fingerprint density at radius 3 is 2.96 bits per heavy atom. The van der Waals surface area contributed by atoms with Crippen molar-refractivity contribution in [3.8, 4) is 0 Å². The van der Waals surface area contributed by atoms with Gasteiger partial charge in [0.2, 0.25) is 5.13 Å². The SMILES string of the molecule is O=C(Nc1nnc(C2CC2)s1)c1ccc2[nH]c3c(c2c1)CCCC3. The van der Waals surface area contributed by atoms with Crippen LogP contribution in [0.15, 0.2) is 18.2 Å². The van der Waals surface area contributed by atoms with Crippen LogP contribution in [-0.2, 0) is 12.8 Å². The topological polar surface area (TPSA) is 70.7 Å². The van der Waals surface area contributed by atoms with Gasteiger partial charge in [0, 0.05) is 28.1 Å². The molecule has 2 aliphatic carbocycles. The molecule has 1 fully saturated rings. The maximum absolute atomic E-state index is 12.6. The number of carbonyl (C=O) groups excluding carboxylic acids is 1. The van der Waals surface area contributed by atoms with Gasteiger partial charge in [0.1, 0.15) is 5.01 Å². The van der Waals surface area contributed by atoms with E-state index in [1.807, 2.05) is 18.2 Å². The number of nitrogens with one attached hydrogen (secondary N) is 2. The molecule has 122 valence electrons. The number of benzene rings is 1. The van der Waals surface area contributed by atoms with Gasteiger partial charge in [-0.1, -0.05) is 11.3 Å². The summed E-state index contributed by atoms with van der Waals surface area (Å²) in [6.45, 7) is 0. The summed E-state index contributed by atoms with van der Waals surface area (Å²) >= 11 is 1.49. The first-order valence-corrected chi connectivity index (χ1v) is 9.38. The van der Waals surface area contributed by atoms with Crippen LogP contribution in [0.4, 0.5) is 5.13 Å². The van der Waals surface area contributed by atoms with E-state index in [4.69, 9.17) is 0 Å². The number of anilines is 1. The monoisotopic (exact) mass is 338 g/mol. The summed E-state index contributed by atoms with van der Waals surface area (Å²) in [6.07, 6.45) is 7.07. The van der Waals surface area contributed by atoms with Crippen molar-refractivity contribution in [2.24, 2.45) is 0 Å². The molecule has 2 N–H and O–H groups in total. The van der Waals surface area contributed by atoms with Gasteiger partial charge in [-0.15, -0.1) is 10.2 Å². The number of hydrogen-bond donors (Lipinski definition) is 2. The normalized spacial score (nSPS) is 17.0. The molecule has 3 aromatic rings. The van der Waals surface area contributed by atoms with E-state index < -0.39 is 0 Å². The maximum Gasteiger partial charge on any atom is 0.257 e. The van der Waals surface area contributed by atoms with E-state index in [0.29, 0.717) is 16.6 Å². The Morgan fingerprint density at radius 1 is 1.21 bits per heavy atom. The molecule has 2 aliphatic rings. The van der Waals surface area contributed by atoms with Crippen molar-refractivity contribution in [1.29, 1.82) is 0 Å². The largest absolute Gasteiger partial charge is 0.358 e. The van der Waals surface area contributed by atoms with E-state index in [1.165, 1.54) is 53.7 Å². The van der Waals surface area contributed by atoms with Gasteiger partial charge in [0.25, 0.3) is 5.91 Å². The predicted octanol–water partition coefficient (Wildman–Crippen LogP) is 4.03. The van der Waals surface area contributed by atoms with Gasteiger partial charge in [0.05, 0.1) is 0 Å². The summed E-state index contributed by atoms with van der Waals surface area (Å²) in [5.74, 6) is 0.456. The zero-order valence-corrected chi connectivity index (χ0v) is 14.1. The number of aromatic nitrogens is 3. The number of aryl methyl sites for hydroxylation is 2. The lowest BCUT2D eigenvalue weighted by atomic mass is 9.95. The summed E-state index contributed by atoms with van der Waals surface area (Å²) in [5.41, 5.74) is 4.54. The second-order valence-corrected chi connectivity index (χ2v) is 7.73. The molecule has 24 heavy (non-hydrogen) atoms. The number of aromatic amines is 1. The van der Waals surface area contributed by atoms with Crippen LogP contribution in [0.1, 0.15) is 58.2 Å². The Kier molecular flexibility index (Phi) is 3.19. The van der Waals surface area contributed by atoms with Gasteiger partial charge in [-0.2, -0.15) is 0 Å². The summed E-state index contributed by atoms with van der Waals surface area (Å²) in [4.78, 5) is 16.1. The Hall–Kier alpha value is -2.21. The van der Waals surface area contributed by atoms with E-state index in [9.17, 15) is 4.79 Å². The summed E-state index contributed by atoms with van der Waals surface area (Å²) < 4.78 is 0. The second-order valence-electron chi connectivity index (χ2n) is 6.72. The molecular formula is C18H18N4OS. The number of carbonyl (C=O) groups is 1. The van der Waals surface area contributed by atoms with E-state index >= 15 is 0 Å². The van der Waals surface area contributed by atoms with Gasteiger partial charge in [0.15, 0.2) is 0 Å². The third-order valence-corrected chi connectivity index (χ3v) is 5.95. The van der Waals surface area contributed by atoms with Crippen LogP contribution in [0, 0.1) is 0 Å². The molecular weight excluding hydrogens is 320 g/mol. The van der Waals surface area contributed by atoms with E-state index in [-0.39, 0.29) is 5.91 Å². The van der Waals surface area contributed by atoms with E-state index in [1.54, 1.807) is 0 Å². The molecule has 2 aromatic heterocycles. The molecule has 6 heteroatoms. The van der Waals surface area contributed by atoms with Crippen LogP contribution >= 0.6 is 11.3 Å². The van der Waals surface area contributed by atoms with Crippen LogP contribution in [0.5, 0.6) is 0 Å². The van der Waals surface area contributed by atoms with Crippen LogP contribution in [0.3, 0.4) is 0 Å². The van der Waals surface area contributed by atoms with Gasteiger partial charge in [-0.3, -0.25) is 10.1 Å². The first kappa shape index (κ1) is 14.2. The second kappa shape index (κ2) is 5.41. The van der Waals surface area contributed by atoms with Crippen molar-refractivity contribution < 1.29 is 4.79 Å². The van der Waals surface area contributed by atoms with Crippen molar-refractivity contribution in [2.75, 3.05) is 5.32 Å². The molecule has 0 bridgehead atoms. The predicted molar refractivity (Wildman–Crippen MR) is 94.8 cm³/mol. The molecule has 1 amide bonds. The van der Waals surface area contributed by atoms with Gasteiger partial charge < -0.3 is 4.98 Å². The summed E-state index contributed by atoms with van der Waals surface area (Å²) in [6, 6.07) is 5.90. The highest BCUT2D eigenvalue weighted by Crippen LogP contribution is 2.42. The Labute approximate surface area is 143 Å². The van der Waals surface area contributed by atoms with Crippen molar-refractivity contribution in [3.63, 3.8) is 0 Å². The smallest absolute Gasteiger partial charge is 0.257 e. The van der Waals surface area contributed by atoms with Gasteiger partial charge >= 0.3 is 0 Å². The third-order valence-electron chi connectivity index (χ3n) is 4.95. The number of rotatable bonds is 3. The molecule has 5 nitrogen and oxygen atoms in total. The van der Waals surface area contributed by atoms with Crippen LogP contribution < -0.4 is 5.32 Å². The molecule has 0 aliphatic heterocycles. The standard InChI is InChI=1S/C18H18N4OS/c23-16(20-18-22-21-17(24-18)10-5-6-10)11-7-8-15-13(9-11)12-3-1-2-4-14(12)19-15/h7-10,19H,1-6H2,(H,20,22,23). The Balaban J connectivity index is 1.43. The highest BCUT2D eigenvalue weighted by atomic mass is 32.1. The lowest BCUT2D eigenvalue weighted by Crippen LogP contribution is -2.11. The third kappa shape index (κ3) is 2.41. The molecule has 0 atom stereocenters. The zero-order valence-electron chi connectivity index (χ0n) is 13.3. The number of H-pyrrole nitrogens is 1. The van der Waals surface area contributed by atoms with Gasteiger partial charge in [-0.25, -0.2) is 0 Å². The number of hydrogen-bond acceptors (Lipinski definition) is 4.